The molecule has 1 N–H and O–H groups in total. The van der Waals surface area contributed by atoms with Gasteiger partial charge < -0.3 is 10.1 Å². The van der Waals surface area contributed by atoms with Gasteiger partial charge in [-0.3, -0.25) is 0 Å². The molecule has 0 bridgehead atoms. The van der Waals surface area contributed by atoms with Crippen molar-refractivity contribution >= 4 is 11.3 Å². The molecule has 1 aromatic rings. The van der Waals surface area contributed by atoms with Crippen molar-refractivity contribution in [1.29, 1.82) is 0 Å². The highest BCUT2D eigenvalue weighted by atomic mass is 32.1. The van der Waals surface area contributed by atoms with Gasteiger partial charge in [-0.2, -0.15) is 0 Å². The quantitative estimate of drug-likeness (QED) is 0.734. The molecule has 0 aromatic carbocycles. The molecule has 0 fully saturated rings. The highest BCUT2D eigenvalue weighted by molar-refractivity contribution is 7.13. The Labute approximate surface area is 90.3 Å². The maximum Gasteiger partial charge on any atom is 0.173 e. The van der Waals surface area contributed by atoms with Gasteiger partial charge in [-0.25, -0.2) is 0 Å². The van der Waals surface area contributed by atoms with E-state index in [2.05, 4.69) is 25.2 Å². The molecule has 0 saturated heterocycles. The van der Waals surface area contributed by atoms with E-state index in [-0.39, 0.29) is 0 Å². The van der Waals surface area contributed by atoms with Gasteiger partial charge in [-0.1, -0.05) is 13.8 Å². The van der Waals surface area contributed by atoms with Crippen LogP contribution in [-0.2, 0) is 6.54 Å². The summed E-state index contributed by atoms with van der Waals surface area (Å²) < 4.78 is 5.13. The van der Waals surface area contributed by atoms with Crippen LogP contribution in [-0.4, -0.2) is 13.7 Å². The molecule has 2 nitrogen and oxygen atoms in total. The van der Waals surface area contributed by atoms with Gasteiger partial charge in [0.05, 0.1) is 7.11 Å². The van der Waals surface area contributed by atoms with Crippen LogP contribution in [0.1, 0.15) is 25.1 Å². The molecule has 1 rings (SSSR count). The molecule has 0 saturated carbocycles. The van der Waals surface area contributed by atoms with Crippen LogP contribution in [0.5, 0.6) is 5.06 Å². The summed E-state index contributed by atoms with van der Waals surface area (Å²) in [6, 6.07) is 4.13. The van der Waals surface area contributed by atoms with Gasteiger partial charge in [0.1, 0.15) is 0 Å². The van der Waals surface area contributed by atoms with Crippen molar-refractivity contribution in [2.45, 2.75) is 26.8 Å². The van der Waals surface area contributed by atoms with Crippen molar-refractivity contribution in [2.24, 2.45) is 5.92 Å². The average Bonchev–Trinajstić information content (AvgIpc) is 2.60. The third kappa shape index (κ3) is 4.11. The predicted molar refractivity (Wildman–Crippen MR) is 62.0 cm³/mol. The fourth-order valence-corrected chi connectivity index (χ4v) is 1.95. The maximum atomic E-state index is 5.13. The van der Waals surface area contributed by atoms with Crippen LogP contribution in [0, 0.1) is 5.92 Å². The minimum Gasteiger partial charge on any atom is -0.487 e. The molecule has 0 radical (unpaired) electrons. The van der Waals surface area contributed by atoms with Crippen LogP contribution in [0.2, 0.25) is 0 Å². The lowest BCUT2D eigenvalue weighted by Crippen LogP contribution is -2.15. The van der Waals surface area contributed by atoms with Crippen molar-refractivity contribution in [1.82, 2.24) is 5.32 Å². The highest BCUT2D eigenvalue weighted by Crippen LogP contribution is 2.23. The maximum absolute atomic E-state index is 5.13. The van der Waals surface area contributed by atoms with Crippen molar-refractivity contribution in [3.8, 4) is 5.06 Å². The summed E-state index contributed by atoms with van der Waals surface area (Å²) >= 11 is 1.71. The van der Waals surface area contributed by atoms with Crippen LogP contribution in [0.4, 0.5) is 0 Å². The van der Waals surface area contributed by atoms with E-state index in [0.717, 1.165) is 24.1 Å². The predicted octanol–water partition coefficient (Wildman–Crippen LogP) is 2.89. The lowest BCUT2D eigenvalue weighted by atomic mass is 10.1. The lowest BCUT2D eigenvalue weighted by Gasteiger charge is -2.05. The van der Waals surface area contributed by atoms with Crippen molar-refractivity contribution < 1.29 is 4.74 Å². The largest absolute Gasteiger partial charge is 0.487 e. The number of hydrogen-bond donors (Lipinski definition) is 1. The van der Waals surface area contributed by atoms with E-state index in [0.29, 0.717) is 0 Å². The summed E-state index contributed by atoms with van der Waals surface area (Å²) in [5.41, 5.74) is 0. The van der Waals surface area contributed by atoms with E-state index in [1.807, 2.05) is 6.07 Å². The van der Waals surface area contributed by atoms with E-state index in [4.69, 9.17) is 4.74 Å². The smallest absolute Gasteiger partial charge is 0.173 e. The van der Waals surface area contributed by atoms with Gasteiger partial charge in [0.15, 0.2) is 5.06 Å². The van der Waals surface area contributed by atoms with Crippen LogP contribution in [0.25, 0.3) is 0 Å². The fourth-order valence-electron chi connectivity index (χ4n) is 1.17. The second-order valence-corrected chi connectivity index (χ2v) is 4.92. The topological polar surface area (TPSA) is 21.3 Å². The highest BCUT2D eigenvalue weighted by Gasteiger charge is 1.99. The first-order valence-electron chi connectivity index (χ1n) is 5.05. The Hall–Kier alpha value is -0.540. The van der Waals surface area contributed by atoms with Gasteiger partial charge in [-0.15, -0.1) is 11.3 Å². The van der Waals surface area contributed by atoms with Crippen LogP contribution in [0.3, 0.4) is 0 Å². The zero-order valence-electron chi connectivity index (χ0n) is 9.17. The summed E-state index contributed by atoms with van der Waals surface area (Å²) in [6.45, 7) is 6.55. The Morgan fingerprint density at radius 2 is 2.21 bits per heavy atom. The second kappa shape index (κ2) is 6.04. The second-order valence-electron chi connectivity index (χ2n) is 3.78. The molecular formula is C11H19NOS. The van der Waals surface area contributed by atoms with Crippen LogP contribution < -0.4 is 10.1 Å². The average molecular weight is 213 g/mol. The SMILES string of the molecule is COc1ccc(CNCCC(C)C)s1. The van der Waals surface area contributed by atoms with Crippen molar-refractivity contribution in [3.63, 3.8) is 0 Å². The Morgan fingerprint density at radius 3 is 2.79 bits per heavy atom. The van der Waals surface area contributed by atoms with Gasteiger partial charge in [0.25, 0.3) is 0 Å². The van der Waals surface area contributed by atoms with E-state index in [9.17, 15) is 0 Å². The first-order chi connectivity index (χ1) is 6.72. The molecule has 0 unspecified atom stereocenters. The van der Waals surface area contributed by atoms with E-state index in [1.165, 1.54) is 11.3 Å². The molecule has 1 aromatic heterocycles. The Bertz CT molecular complexity index is 258. The Kier molecular flexibility index (Phi) is 4.98. The van der Waals surface area contributed by atoms with Gasteiger partial charge in [0, 0.05) is 11.4 Å². The van der Waals surface area contributed by atoms with Gasteiger partial charge >= 0.3 is 0 Å². The fraction of sp³-hybridized carbons (Fsp3) is 0.636. The molecule has 80 valence electrons. The number of rotatable bonds is 6. The first-order valence-corrected chi connectivity index (χ1v) is 5.87. The standard InChI is InChI=1S/C11H19NOS/c1-9(2)6-7-12-8-10-4-5-11(13-3)14-10/h4-5,9,12H,6-8H2,1-3H3. The number of nitrogens with one attached hydrogen (secondary N) is 1. The molecule has 0 amide bonds. The summed E-state index contributed by atoms with van der Waals surface area (Å²) in [5.74, 6) is 0.778. The molecular weight excluding hydrogens is 194 g/mol. The number of methoxy groups -OCH3 is 1. The molecule has 0 aliphatic rings. The van der Waals surface area contributed by atoms with Crippen molar-refractivity contribution in [3.05, 3.63) is 17.0 Å². The molecule has 0 spiro atoms. The van der Waals surface area contributed by atoms with Crippen LogP contribution in [0.15, 0.2) is 12.1 Å². The summed E-state index contributed by atoms with van der Waals surface area (Å²) in [4.78, 5) is 1.34. The third-order valence-electron chi connectivity index (χ3n) is 2.04. The molecule has 3 heteroatoms. The molecule has 1 heterocycles. The van der Waals surface area contributed by atoms with Gasteiger partial charge in [0.2, 0.25) is 0 Å². The summed E-state index contributed by atoms with van der Waals surface area (Å²) in [7, 11) is 1.71. The summed E-state index contributed by atoms with van der Waals surface area (Å²) in [5, 5.41) is 4.42. The Morgan fingerprint density at radius 1 is 1.43 bits per heavy atom. The van der Waals surface area contributed by atoms with Crippen LogP contribution >= 0.6 is 11.3 Å². The molecule has 0 aliphatic heterocycles. The molecule has 0 atom stereocenters. The zero-order chi connectivity index (χ0) is 10.4. The van der Waals surface area contributed by atoms with E-state index in [1.54, 1.807) is 18.4 Å². The zero-order valence-corrected chi connectivity index (χ0v) is 9.99. The number of hydrogen-bond acceptors (Lipinski definition) is 3. The summed E-state index contributed by atoms with van der Waals surface area (Å²) in [6.07, 6.45) is 1.24. The third-order valence-corrected chi connectivity index (χ3v) is 3.08. The minimum absolute atomic E-state index is 0.778. The first kappa shape index (κ1) is 11.5. The molecule has 0 aliphatic carbocycles. The Balaban J connectivity index is 2.18. The number of ether oxygens (including phenoxy) is 1. The lowest BCUT2D eigenvalue weighted by molar-refractivity contribution is 0.427. The minimum atomic E-state index is 0.778. The molecule has 14 heavy (non-hydrogen) atoms. The number of thiophene rings is 1. The van der Waals surface area contributed by atoms with Crippen molar-refractivity contribution in [2.75, 3.05) is 13.7 Å². The monoisotopic (exact) mass is 213 g/mol. The van der Waals surface area contributed by atoms with Gasteiger partial charge in [-0.05, 0) is 31.0 Å². The normalized spacial score (nSPS) is 10.9. The van der Waals surface area contributed by atoms with E-state index >= 15 is 0 Å². The van der Waals surface area contributed by atoms with E-state index < -0.39 is 0 Å².